The Bertz CT molecular complexity index is 1180. The monoisotopic (exact) mass is 370 g/mol. The van der Waals surface area contributed by atoms with Crippen LogP contribution in [-0.2, 0) is 0 Å². The van der Waals surface area contributed by atoms with E-state index in [9.17, 15) is 14.7 Å². The maximum absolute atomic E-state index is 12.3. The molecular formula is C19H15ClN2O4. The average molecular weight is 371 g/mol. The van der Waals surface area contributed by atoms with E-state index in [0.29, 0.717) is 11.3 Å². The predicted octanol–water partition coefficient (Wildman–Crippen LogP) is 1.09. The lowest BCUT2D eigenvalue weighted by Crippen LogP contribution is -2.46. The zero-order chi connectivity index (χ0) is 18.7. The smallest absolute Gasteiger partial charge is 0.272 e. The van der Waals surface area contributed by atoms with Crippen LogP contribution in [-0.4, -0.2) is 22.2 Å². The third-order valence-electron chi connectivity index (χ3n) is 3.70. The second-order valence-corrected chi connectivity index (χ2v) is 5.91. The van der Waals surface area contributed by atoms with E-state index in [-0.39, 0.29) is 21.5 Å². The van der Waals surface area contributed by atoms with Crippen molar-refractivity contribution in [2.24, 2.45) is 0 Å². The normalized spacial score (nSPS) is 12.4. The summed E-state index contributed by atoms with van der Waals surface area (Å²) >= 11 is 6.02. The number of rotatable bonds is 3. The molecule has 3 N–H and O–H groups in total. The molecule has 2 aromatic carbocycles. The Balaban J connectivity index is 2.08. The van der Waals surface area contributed by atoms with Gasteiger partial charge in [0, 0.05) is 0 Å². The van der Waals surface area contributed by atoms with Crippen molar-refractivity contribution in [3.8, 4) is 11.5 Å². The van der Waals surface area contributed by atoms with E-state index < -0.39 is 11.1 Å². The fourth-order valence-electron chi connectivity index (χ4n) is 2.35. The van der Waals surface area contributed by atoms with Crippen molar-refractivity contribution in [2.45, 2.75) is 0 Å². The molecule has 0 atom stereocenters. The lowest BCUT2D eigenvalue weighted by atomic mass is 10.2. The number of aromatic nitrogens is 2. The molecule has 3 rings (SSSR count). The van der Waals surface area contributed by atoms with E-state index in [2.05, 4.69) is 9.97 Å². The fourth-order valence-corrected chi connectivity index (χ4v) is 2.58. The molecule has 0 bridgehead atoms. The summed E-state index contributed by atoms with van der Waals surface area (Å²) in [5, 5.41) is 9.84. The number of aromatic amines is 2. The number of phenols is 1. The maximum Gasteiger partial charge on any atom is 0.272 e. The number of phenolic OH excluding ortho intramolecular Hbond substituents is 1. The lowest BCUT2D eigenvalue weighted by molar-refractivity contribution is 0.415. The van der Waals surface area contributed by atoms with E-state index in [1.165, 1.54) is 18.2 Å². The Morgan fingerprint density at radius 3 is 2.15 bits per heavy atom. The van der Waals surface area contributed by atoms with Gasteiger partial charge in [-0.3, -0.25) is 9.59 Å². The molecule has 1 heterocycles. The van der Waals surface area contributed by atoms with Crippen LogP contribution in [0.5, 0.6) is 11.5 Å². The second kappa shape index (κ2) is 7.33. The van der Waals surface area contributed by atoms with Crippen LogP contribution >= 0.6 is 11.6 Å². The first-order valence-electron chi connectivity index (χ1n) is 7.65. The van der Waals surface area contributed by atoms with Crippen LogP contribution < -0.4 is 26.6 Å². The topological polar surface area (TPSA) is 95.2 Å². The minimum absolute atomic E-state index is 0.0130. The van der Waals surface area contributed by atoms with Gasteiger partial charge in [0.1, 0.15) is 22.2 Å². The summed E-state index contributed by atoms with van der Waals surface area (Å²) < 4.78 is 5.08. The molecule has 132 valence electrons. The number of ether oxygens (including phenoxy) is 1. The third kappa shape index (κ3) is 3.87. The van der Waals surface area contributed by atoms with E-state index in [4.69, 9.17) is 16.3 Å². The van der Waals surface area contributed by atoms with Gasteiger partial charge >= 0.3 is 0 Å². The van der Waals surface area contributed by atoms with Gasteiger partial charge in [-0.1, -0.05) is 23.7 Å². The molecule has 0 aliphatic rings. The Labute approximate surface area is 152 Å². The molecule has 6 nitrogen and oxygen atoms in total. The van der Waals surface area contributed by atoms with Gasteiger partial charge in [0.2, 0.25) is 0 Å². The van der Waals surface area contributed by atoms with E-state index >= 15 is 0 Å². The van der Waals surface area contributed by atoms with E-state index in [1.807, 2.05) is 0 Å². The number of H-pyrrole nitrogens is 2. The zero-order valence-corrected chi connectivity index (χ0v) is 14.5. The summed E-state index contributed by atoms with van der Waals surface area (Å²) in [6.45, 7) is 0. The first-order valence-corrected chi connectivity index (χ1v) is 8.03. The summed E-state index contributed by atoms with van der Waals surface area (Å²) in [7, 11) is 1.57. The van der Waals surface area contributed by atoms with Crippen LogP contribution in [0.1, 0.15) is 11.1 Å². The minimum atomic E-state index is -0.464. The van der Waals surface area contributed by atoms with E-state index in [0.717, 1.165) is 5.56 Å². The number of nitrogens with one attached hydrogen (secondary N) is 2. The van der Waals surface area contributed by atoms with Crippen molar-refractivity contribution in [3.63, 3.8) is 0 Å². The Morgan fingerprint density at radius 1 is 0.962 bits per heavy atom. The number of aromatic hydroxyl groups is 1. The summed E-state index contributed by atoms with van der Waals surface area (Å²) in [5.41, 5.74) is 0.331. The van der Waals surface area contributed by atoms with Crippen LogP contribution in [0.4, 0.5) is 0 Å². The molecule has 0 spiro atoms. The van der Waals surface area contributed by atoms with Gasteiger partial charge < -0.3 is 19.8 Å². The first kappa shape index (κ1) is 17.6. The highest BCUT2D eigenvalue weighted by Crippen LogP contribution is 2.21. The van der Waals surface area contributed by atoms with Gasteiger partial charge in [-0.15, -0.1) is 0 Å². The minimum Gasteiger partial charge on any atom is -0.508 e. The molecule has 0 amide bonds. The predicted molar refractivity (Wildman–Crippen MR) is 100 cm³/mol. The highest BCUT2D eigenvalue weighted by Gasteiger charge is 2.01. The quantitative estimate of drug-likeness (QED) is 0.643. The van der Waals surface area contributed by atoms with Gasteiger partial charge in [-0.2, -0.15) is 0 Å². The highest BCUT2D eigenvalue weighted by atomic mass is 35.5. The van der Waals surface area contributed by atoms with Crippen LogP contribution in [0.25, 0.3) is 12.2 Å². The van der Waals surface area contributed by atoms with Crippen LogP contribution in [0.2, 0.25) is 5.02 Å². The molecule has 0 unspecified atom stereocenters. The van der Waals surface area contributed by atoms with Crippen molar-refractivity contribution in [1.82, 2.24) is 9.97 Å². The summed E-state index contributed by atoms with van der Waals surface area (Å²) in [6, 6.07) is 11.4. The molecule has 0 fully saturated rings. The third-order valence-corrected chi connectivity index (χ3v) is 4.02. The van der Waals surface area contributed by atoms with Gasteiger partial charge in [0.25, 0.3) is 11.1 Å². The van der Waals surface area contributed by atoms with E-state index in [1.54, 1.807) is 43.5 Å². The Morgan fingerprint density at radius 2 is 1.58 bits per heavy atom. The molecule has 0 aliphatic heterocycles. The number of methoxy groups -OCH3 is 1. The number of halogens is 1. The number of hydrogen-bond acceptors (Lipinski definition) is 4. The van der Waals surface area contributed by atoms with Gasteiger partial charge in [-0.05, 0) is 53.6 Å². The first-order chi connectivity index (χ1) is 12.5. The van der Waals surface area contributed by atoms with Crippen LogP contribution in [0, 0.1) is 0 Å². The van der Waals surface area contributed by atoms with Crippen molar-refractivity contribution in [2.75, 3.05) is 7.11 Å². The Hall–Kier alpha value is -3.25. The summed E-state index contributed by atoms with van der Waals surface area (Å²) in [6.07, 6.45) is 3.01. The second-order valence-electron chi connectivity index (χ2n) is 5.50. The maximum atomic E-state index is 12.3. The number of hydrogen-bond donors (Lipinski definition) is 3. The molecular weight excluding hydrogens is 356 g/mol. The average Bonchev–Trinajstić information content (AvgIpc) is 2.62. The lowest BCUT2D eigenvalue weighted by Gasteiger charge is -1.99. The van der Waals surface area contributed by atoms with Crippen LogP contribution in [0.3, 0.4) is 0 Å². The molecule has 0 aliphatic carbocycles. The van der Waals surface area contributed by atoms with Crippen molar-refractivity contribution in [3.05, 3.63) is 90.0 Å². The fraction of sp³-hybridized carbons (Fsp3) is 0.0526. The molecule has 0 saturated carbocycles. The van der Waals surface area contributed by atoms with Crippen molar-refractivity contribution < 1.29 is 9.84 Å². The Kier molecular flexibility index (Phi) is 4.95. The largest absolute Gasteiger partial charge is 0.508 e. The standard InChI is InChI=1S/C19H15ClN2O4/c1-26-14-6-2-11(3-7-14)8-16-18(24)22-17(19(25)21-16)9-12-4-5-13(23)10-15(12)20/h2-10,23H,1H3,(H,21,25)(H,22,24)/b16-8-,17-9-. The SMILES string of the molecule is COc1ccc(/C=c2\[nH]c(=O)/c(=C/c3ccc(O)cc3Cl)[nH]c2=O)cc1. The number of benzene rings is 2. The summed E-state index contributed by atoms with van der Waals surface area (Å²) in [5.74, 6) is 0.708. The van der Waals surface area contributed by atoms with Gasteiger partial charge in [-0.25, -0.2) is 0 Å². The molecule has 7 heteroatoms. The molecule has 26 heavy (non-hydrogen) atoms. The molecule has 0 saturated heterocycles. The van der Waals surface area contributed by atoms with Gasteiger partial charge in [0.05, 0.1) is 12.1 Å². The molecule has 1 aromatic heterocycles. The zero-order valence-electron chi connectivity index (χ0n) is 13.7. The molecule has 0 radical (unpaired) electrons. The highest BCUT2D eigenvalue weighted by molar-refractivity contribution is 6.32. The van der Waals surface area contributed by atoms with Crippen LogP contribution in [0.15, 0.2) is 52.1 Å². The van der Waals surface area contributed by atoms with Crippen molar-refractivity contribution in [1.29, 1.82) is 0 Å². The summed E-state index contributed by atoms with van der Waals surface area (Å²) in [4.78, 5) is 29.7. The molecule has 3 aromatic rings. The van der Waals surface area contributed by atoms with Gasteiger partial charge in [0.15, 0.2) is 0 Å². The van der Waals surface area contributed by atoms with Crippen molar-refractivity contribution >= 4 is 23.8 Å².